The number of carbonyl (C=O) groups is 1. The monoisotopic (exact) mass is 431 g/mol. The first-order valence-electron chi connectivity index (χ1n) is 12.4. The molecule has 6 heteroatoms. The first-order chi connectivity index (χ1) is 14.5. The molecular formula is C24H49NO5. The number of aliphatic hydroxyl groups excluding tert-OH is 4. The van der Waals surface area contributed by atoms with Gasteiger partial charge in [-0.2, -0.15) is 0 Å². The molecule has 0 aliphatic rings. The number of nitrogens with two attached hydrogens (primary N) is 1. The summed E-state index contributed by atoms with van der Waals surface area (Å²) in [6, 6.07) is -1.24. The number of rotatable bonds is 22. The Morgan fingerprint density at radius 3 is 1.40 bits per heavy atom. The van der Waals surface area contributed by atoms with Crippen molar-refractivity contribution in [2.75, 3.05) is 6.61 Å². The maximum absolute atomic E-state index is 12.0. The van der Waals surface area contributed by atoms with E-state index in [4.69, 9.17) is 10.8 Å². The van der Waals surface area contributed by atoms with Crippen LogP contribution in [0.2, 0.25) is 0 Å². The molecule has 6 N–H and O–H groups in total. The molecule has 0 aliphatic heterocycles. The molecule has 30 heavy (non-hydrogen) atoms. The van der Waals surface area contributed by atoms with Crippen LogP contribution in [0, 0.1) is 0 Å². The lowest BCUT2D eigenvalue weighted by molar-refractivity contribution is -0.129. The number of ketones is 1. The van der Waals surface area contributed by atoms with Crippen LogP contribution in [0.15, 0.2) is 0 Å². The van der Waals surface area contributed by atoms with Crippen LogP contribution in [0.5, 0.6) is 0 Å². The van der Waals surface area contributed by atoms with Gasteiger partial charge < -0.3 is 26.2 Å². The van der Waals surface area contributed by atoms with E-state index in [2.05, 4.69) is 6.92 Å². The summed E-state index contributed by atoms with van der Waals surface area (Å²) in [6.07, 6.45) is 15.8. The second-order valence-corrected chi connectivity index (χ2v) is 8.78. The van der Waals surface area contributed by atoms with Gasteiger partial charge in [0.2, 0.25) is 0 Å². The minimum Gasteiger partial charge on any atom is -0.394 e. The number of aliphatic hydroxyl groups is 4. The van der Waals surface area contributed by atoms with Gasteiger partial charge in [0.25, 0.3) is 0 Å². The Balaban J connectivity index is 3.48. The van der Waals surface area contributed by atoms with E-state index in [0.717, 1.165) is 19.3 Å². The van der Waals surface area contributed by atoms with Crippen LogP contribution < -0.4 is 5.73 Å². The van der Waals surface area contributed by atoms with Gasteiger partial charge in [0.15, 0.2) is 5.78 Å². The highest BCUT2D eigenvalue weighted by molar-refractivity contribution is 5.84. The zero-order valence-corrected chi connectivity index (χ0v) is 19.3. The van der Waals surface area contributed by atoms with Crippen LogP contribution in [0.1, 0.15) is 116 Å². The van der Waals surface area contributed by atoms with Crippen molar-refractivity contribution in [2.45, 2.75) is 140 Å². The van der Waals surface area contributed by atoms with Gasteiger partial charge in [-0.25, -0.2) is 0 Å². The molecule has 0 radical (unpaired) electrons. The van der Waals surface area contributed by atoms with Crippen molar-refractivity contribution in [3.63, 3.8) is 0 Å². The molecule has 0 amide bonds. The first kappa shape index (κ1) is 29.5. The molecule has 4 atom stereocenters. The summed E-state index contributed by atoms with van der Waals surface area (Å²) in [7, 11) is 0. The normalized spacial score (nSPS) is 15.7. The lowest BCUT2D eigenvalue weighted by Crippen LogP contribution is -2.52. The van der Waals surface area contributed by atoms with E-state index in [1.807, 2.05) is 0 Å². The molecule has 0 rings (SSSR count). The van der Waals surface area contributed by atoms with Crippen LogP contribution in [-0.2, 0) is 4.79 Å². The maximum atomic E-state index is 12.0. The largest absolute Gasteiger partial charge is 0.394 e. The van der Waals surface area contributed by atoms with Gasteiger partial charge in [0.1, 0.15) is 18.3 Å². The zero-order valence-electron chi connectivity index (χ0n) is 19.3. The van der Waals surface area contributed by atoms with Crippen LogP contribution in [0.4, 0.5) is 0 Å². The quantitative estimate of drug-likeness (QED) is 0.167. The molecule has 180 valence electrons. The molecule has 0 bridgehead atoms. The highest BCUT2D eigenvalue weighted by Crippen LogP contribution is 2.14. The molecule has 0 saturated carbocycles. The summed E-state index contributed by atoms with van der Waals surface area (Å²) in [4.78, 5) is 12.0. The molecule has 0 spiro atoms. The first-order valence-corrected chi connectivity index (χ1v) is 12.4. The predicted molar refractivity (Wildman–Crippen MR) is 122 cm³/mol. The molecule has 0 aromatic rings. The van der Waals surface area contributed by atoms with Gasteiger partial charge in [-0.15, -0.1) is 0 Å². The number of Topliss-reactive ketones (excluding diaryl/α,β-unsaturated/α-hetero) is 1. The average Bonchev–Trinajstić information content (AvgIpc) is 2.76. The second-order valence-electron chi connectivity index (χ2n) is 8.78. The molecule has 4 unspecified atom stereocenters. The van der Waals surface area contributed by atoms with Crippen LogP contribution in [0.3, 0.4) is 0 Å². The minimum atomic E-state index is -1.63. The van der Waals surface area contributed by atoms with Gasteiger partial charge in [-0.1, -0.05) is 103 Å². The van der Waals surface area contributed by atoms with E-state index in [1.165, 1.54) is 83.5 Å². The van der Waals surface area contributed by atoms with E-state index in [1.54, 1.807) is 0 Å². The lowest BCUT2D eigenvalue weighted by Gasteiger charge is -2.25. The Labute approximate surface area is 184 Å². The van der Waals surface area contributed by atoms with Crippen molar-refractivity contribution in [1.29, 1.82) is 0 Å². The Morgan fingerprint density at radius 1 is 0.667 bits per heavy atom. The zero-order chi connectivity index (χ0) is 22.6. The summed E-state index contributed by atoms with van der Waals surface area (Å²) in [5.41, 5.74) is 5.67. The average molecular weight is 432 g/mol. The molecule has 0 aromatic carbocycles. The second kappa shape index (κ2) is 20.4. The molecule has 0 fully saturated rings. The van der Waals surface area contributed by atoms with Crippen molar-refractivity contribution in [2.24, 2.45) is 5.73 Å². The Hall–Kier alpha value is -0.530. The Bertz CT molecular complexity index is 394. The van der Waals surface area contributed by atoms with Crippen molar-refractivity contribution >= 4 is 5.78 Å². The lowest BCUT2D eigenvalue weighted by atomic mass is 9.95. The molecule has 0 saturated heterocycles. The standard InChI is InChI=1S/C24H49NO5/c1-2-3-4-5-6-7-8-9-10-11-12-13-14-15-16-17-18-20(27)22(25)24(30)23(29)21(28)19-26/h21-24,26,28-30H,2-19,25H2,1H3. The molecule has 0 aromatic heterocycles. The fourth-order valence-corrected chi connectivity index (χ4v) is 3.75. The summed E-state index contributed by atoms with van der Waals surface area (Å²) < 4.78 is 0. The third-order valence-electron chi connectivity index (χ3n) is 5.95. The third kappa shape index (κ3) is 15.3. The summed E-state index contributed by atoms with van der Waals surface area (Å²) >= 11 is 0. The van der Waals surface area contributed by atoms with Crippen molar-refractivity contribution in [3.05, 3.63) is 0 Å². The molecule has 0 heterocycles. The van der Waals surface area contributed by atoms with Crippen LogP contribution in [-0.4, -0.2) is 57.2 Å². The van der Waals surface area contributed by atoms with Crippen molar-refractivity contribution in [3.8, 4) is 0 Å². The third-order valence-corrected chi connectivity index (χ3v) is 5.95. The van der Waals surface area contributed by atoms with Crippen molar-refractivity contribution in [1.82, 2.24) is 0 Å². The number of unbranched alkanes of at least 4 members (excludes halogenated alkanes) is 15. The van der Waals surface area contributed by atoms with E-state index in [-0.39, 0.29) is 12.2 Å². The molecule has 6 nitrogen and oxygen atoms in total. The topological polar surface area (TPSA) is 124 Å². The van der Waals surface area contributed by atoms with Crippen molar-refractivity contribution < 1.29 is 25.2 Å². The number of hydrogen-bond donors (Lipinski definition) is 5. The fourth-order valence-electron chi connectivity index (χ4n) is 3.75. The van der Waals surface area contributed by atoms with E-state index >= 15 is 0 Å². The summed E-state index contributed by atoms with van der Waals surface area (Å²) in [5, 5.41) is 37.6. The highest BCUT2D eigenvalue weighted by Gasteiger charge is 2.32. The SMILES string of the molecule is CCCCCCCCCCCCCCCCCCC(=O)C(N)C(O)C(O)C(O)CO. The Kier molecular flexibility index (Phi) is 20.0. The summed E-state index contributed by atoms with van der Waals surface area (Å²) in [6.45, 7) is 1.56. The maximum Gasteiger partial charge on any atom is 0.152 e. The van der Waals surface area contributed by atoms with Crippen LogP contribution in [0.25, 0.3) is 0 Å². The smallest absolute Gasteiger partial charge is 0.152 e. The minimum absolute atomic E-state index is 0.263. The van der Waals surface area contributed by atoms with E-state index in [9.17, 15) is 20.1 Å². The van der Waals surface area contributed by atoms with Gasteiger partial charge in [0, 0.05) is 6.42 Å². The van der Waals surface area contributed by atoms with Gasteiger partial charge in [0.05, 0.1) is 12.6 Å². The van der Waals surface area contributed by atoms with Gasteiger partial charge in [-0.05, 0) is 6.42 Å². The number of carbonyl (C=O) groups excluding carboxylic acids is 1. The Morgan fingerprint density at radius 2 is 1.03 bits per heavy atom. The van der Waals surface area contributed by atoms with Crippen LogP contribution >= 0.6 is 0 Å². The summed E-state index contributed by atoms with van der Waals surface area (Å²) in [5.74, 6) is -0.322. The van der Waals surface area contributed by atoms with E-state index < -0.39 is 31.0 Å². The molecular weight excluding hydrogens is 382 g/mol. The van der Waals surface area contributed by atoms with E-state index in [0.29, 0.717) is 0 Å². The predicted octanol–water partition coefficient (Wildman–Crippen LogP) is 3.61. The van der Waals surface area contributed by atoms with Gasteiger partial charge in [-0.3, -0.25) is 4.79 Å². The number of hydrogen-bond acceptors (Lipinski definition) is 6. The molecule has 0 aliphatic carbocycles. The fraction of sp³-hybridized carbons (Fsp3) is 0.958. The van der Waals surface area contributed by atoms with Gasteiger partial charge >= 0.3 is 0 Å². The highest BCUT2D eigenvalue weighted by atomic mass is 16.4.